The van der Waals surface area contributed by atoms with E-state index in [9.17, 15) is 21.6 Å². The fourth-order valence-corrected chi connectivity index (χ4v) is 5.62. The van der Waals surface area contributed by atoms with Crippen LogP contribution in [0.3, 0.4) is 0 Å². The molecule has 0 aromatic heterocycles. The molecule has 0 amide bonds. The van der Waals surface area contributed by atoms with E-state index in [1.807, 2.05) is 26.0 Å². The van der Waals surface area contributed by atoms with Crippen LogP contribution in [0, 0.1) is 12.8 Å². The molecule has 2 aliphatic rings. The molecule has 0 saturated carbocycles. The molecule has 11 heteroatoms. The Balaban J connectivity index is 0.000000423. The van der Waals surface area contributed by atoms with Gasteiger partial charge >= 0.3 is 12.1 Å². The summed E-state index contributed by atoms with van der Waals surface area (Å²) in [7, 11) is -1.26. The zero-order valence-corrected chi connectivity index (χ0v) is 18.7. The number of carboxylic acids is 1. The summed E-state index contributed by atoms with van der Waals surface area (Å²) in [6, 6.07) is 7.17. The fourth-order valence-electron chi connectivity index (χ4n) is 3.91. The second kappa shape index (κ2) is 9.85. The number of ether oxygens (including phenoxy) is 1. The monoisotopic (exact) mass is 466 g/mol. The van der Waals surface area contributed by atoms with E-state index in [0.717, 1.165) is 38.2 Å². The third-order valence-corrected chi connectivity index (χ3v) is 7.51. The maximum Gasteiger partial charge on any atom is 0.490 e. The summed E-state index contributed by atoms with van der Waals surface area (Å²) in [5, 5.41) is 7.12. The van der Waals surface area contributed by atoms with Gasteiger partial charge in [-0.2, -0.15) is 17.5 Å². The summed E-state index contributed by atoms with van der Waals surface area (Å²) in [6.07, 6.45) is -2.94. The van der Waals surface area contributed by atoms with Crippen molar-refractivity contribution < 1.29 is 36.2 Å². The fraction of sp³-hybridized carbons (Fsp3) is 0.650. The maximum absolute atomic E-state index is 12.8. The Morgan fingerprint density at radius 2 is 1.94 bits per heavy atom. The summed E-state index contributed by atoms with van der Waals surface area (Å²) in [5.74, 6) is -2.22. The Morgan fingerprint density at radius 3 is 2.45 bits per heavy atom. The molecule has 31 heavy (non-hydrogen) atoms. The number of hydrogen-bond donors (Lipinski definition) is 1. The highest BCUT2D eigenvalue weighted by Gasteiger charge is 2.53. The van der Waals surface area contributed by atoms with E-state index in [0.29, 0.717) is 23.9 Å². The number of likely N-dealkylation sites (N-methyl/N-ethyl adjacent to an activating group) is 1. The molecule has 1 N–H and O–H groups in total. The number of sulfonamides is 1. The molecule has 0 radical (unpaired) electrons. The van der Waals surface area contributed by atoms with Gasteiger partial charge in [0.25, 0.3) is 0 Å². The number of hydrogen-bond acceptors (Lipinski definition) is 5. The highest BCUT2D eigenvalue weighted by Crippen LogP contribution is 2.40. The minimum Gasteiger partial charge on any atom is -0.475 e. The van der Waals surface area contributed by atoms with Gasteiger partial charge in [-0.3, -0.25) is 4.90 Å². The number of carbonyl (C=O) groups is 1. The lowest BCUT2D eigenvalue weighted by molar-refractivity contribution is -0.192. The Hall–Kier alpha value is -1.69. The predicted molar refractivity (Wildman–Crippen MR) is 108 cm³/mol. The van der Waals surface area contributed by atoms with E-state index < -0.39 is 22.2 Å². The minimum absolute atomic E-state index is 0.0170. The Labute approximate surface area is 180 Å². The molecular formula is C20H29F3N2O5S. The van der Waals surface area contributed by atoms with Crippen molar-refractivity contribution in [2.45, 2.75) is 43.3 Å². The SMILES string of the molecule is CCOCC1CCN(C)C2(C1)CN(S(=O)(=O)c1cccc(C)c1)C2.O=C(O)C(F)(F)F. The number of alkyl halides is 3. The van der Waals surface area contributed by atoms with Crippen molar-refractivity contribution >= 4 is 16.0 Å². The van der Waals surface area contributed by atoms with Gasteiger partial charge in [0.2, 0.25) is 10.0 Å². The van der Waals surface area contributed by atoms with E-state index in [2.05, 4.69) is 11.9 Å². The van der Waals surface area contributed by atoms with Gasteiger partial charge in [-0.25, -0.2) is 13.2 Å². The lowest BCUT2D eigenvalue weighted by atomic mass is 9.77. The van der Waals surface area contributed by atoms with Gasteiger partial charge in [-0.1, -0.05) is 12.1 Å². The molecule has 7 nitrogen and oxygen atoms in total. The molecule has 0 aliphatic carbocycles. The van der Waals surface area contributed by atoms with E-state index in [-0.39, 0.29) is 5.54 Å². The van der Waals surface area contributed by atoms with Crippen LogP contribution in [-0.2, 0) is 19.6 Å². The van der Waals surface area contributed by atoms with Crippen molar-refractivity contribution in [1.29, 1.82) is 0 Å². The first-order valence-electron chi connectivity index (χ1n) is 9.98. The second-order valence-corrected chi connectivity index (χ2v) is 9.99. The van der Waals surface area contributed by atoms with Crippen LogP contribution >= 0.6 is 0 Å². The van der Waals surface area contributed by atoms with Gasteiger partial charge in [-0.05, 0) is 63.9 Å². The van der Waals surface area contributed by atoms with Gasteiger partial charge in [0.1, 0.15) is 0 Å². The Bertz CT molecular complexity index is 868. The van der Waals surface area contributed by atoms with Crippen molar-refractivity contribution in [2.75, 3.05) is 39.9 Å². The third kappa shape index (κ3) is 6.18. The molecule has 2 aliphatic heterocycles. The smallest absolute Gasteiger partial charge is 0.475 e. The number of benzene rings is 1. The van der Waals surface area contributed by atoms with Crippen LogP contribution in [0.2, 0.25) is 0 Å². The van der Waals surface area contributed by atoms with Gasteiger partial charge in [0.15, 0.2) is 0 Å². The molecule has 1 spiro atoms. The van der Waals surface area contributed by atoms with Gasteiger partial charge in [0.05, 0.1) is 4.90 Å². The zero-order chi connectivity index (χ0) is 23.4. The number of aliphatic carboxylic acids is 1. The quantitative estimate of drug-likeness (QED) is 0.718. The summed E-state index contributed by atoms with van der Waals surface area (Å²) < 4.78 is 64.6. The summed E-state index contributed by atoms with van der Waals surface area (Å²) in [4.78, 5) is 11.6. The zero-order valence-electron chi connectivity index (χ0n) is 17.9. The molecule has 2 saturated heterocycles. The van der Waals surface area contributed by atoms with Crippen molar-refractivity contribution in [1.82, 2.24) is 9.21 Å². The van der Waals surface area contributed by atoms with E-state index in [4.69, 9.17) is 14.6 Å². The molecule has 1 atom stereocenters. The van der Waals surface area contributed by atoms with Crippen LogP contribution in [0.5, 0.6) is 0 Å². The molecular weight excluding hydrogens is 437 g/mol. The van der Waals surface area contributed by atoms with Crippen LogP contribution in [0.25, 0.3) is 0 Å². The van der Waals surface area contributed by atoms with E-state index in [1.165, 1.54) is 0 Å². The summed E-state index contributed by atoms with van der Waals surface area (Å²) >= 11 is 0. The van der Waals surface area contributed by atoms with Crippen molar-refractivity contribution in [3.05, 3.63) is 29.8 Å². The number of piperidine rings is 1. The minimum atomic E-state index is -5.08. The molecule has 176 valence electrons. The highest BCUT2D eigenvalue weighted by atomic mass is 32.2. The standard InChI is InChI=1S/C18H28N2O3S.C2HF3O2/c1-4-23-12-16-8-9-19(3)18(11-16)13-20(14-18)24(21,22)17-7-5-6-15(2)10-17;3-2(4,5)1(6)7/h5-7,10,16H,4,8-9,11-14H2,1-3H3;(H,6,7). The molecule has 1 aromatic rings. The Kier molecular flexibility index (Phi) is 8.12. The maximum atomic E-state index is 12.8. The van der Waals surface area contributed by atoms with Crippen molar-refractivity contribution in [3.63, 3.8) is 0 Å². The average molecular weight is 467 g/mol. The first-order chi connectivity index (χ1) is 14.3. The molecule has 0 bridgehead atoms. The summed E-state index contributed by atoms with van der Waals surface area (Å²) in [5.41, 5.74) is 0.953. The van der Waals surface area contributed by atoms with Gasteiger partial charge in [0, 0.05) is 31.8 Å². The van der Waals surface area contributed by atoms with Gasteiger partial charge < -0.3 is 9.84 Å². The van der Waals surface area contributed by atoms with E-state index >= 15 is 0 Å². The average Bonchev–Trinajstić information content (AvgIpc) is 2.65. The van der Waals surface area contributed by atoms with Gasteiger partial charge in [-0.15, -0.1) is 0 Å². The molecule has 2 fully saturated rings. The number of halogens is 3. The molecule has 2 heterocycles. The largest absolute Gasteiger partial charge is 0.490 e. The summed E-state index contributed by atoms with van der Waals surface area (Å²) in [6.45, 7) is 7.65. The van der Waals surface area contributed by atoms with Crippen LogP contribution in [0.1, 0.15) is 25.3 Å². The number of rotatable bonds is 5. The third-order valence-electron chi connectivity index (χ3n) is 5.72. The lowest BCUT2D eigenvalue weighted by Gasteiger charge is -2.57. The second-order valence-electron chi connectivity index (χ2n) is 8.06. The van der Waals surface area contributed by atoms with Crippen molar-refractivity contribution in [3.8, 4) is 0 Å². The first-order valence-corrected chi connectivity index (χ1v) is 11.4. The number of aryl methyl sites for hydroxylation is 1. The number of likely N-dealkylation sites (tertiary alicyclic amines) is 1. The first kappa shape index (κ1) is 25.6. The lowest BCUT2D eigenvalue weighted by Crippen LogP contribution is -2.72. The van der Waals surface area contributed by atoms with E-state index in [1.54, 1.807) is 16.4 Å². The molecule has 1 unspecified atom stereocenters. The topological polar surface area (TPSA) is 87.2 Å². The van der Waals surface area contributed by atoms with Crippen LogP contribution in [-0.4, -0.2) is 80.3 Å². The molecule has 3 rings (SSSR count). The number of carboxylic acid groups (broad SMARTS) is 1. The normalized spacial score (nSPS) is 21.8. The van der Waals surface area contributed by atoms with Crippen LogP contribution in [0.15, 0.2) is 29.2 Å². The van der Waals surface area contributed by atoms with Crippen molar-refractivity contribution in [2.24, 2.45) is 5.92 Å². The highest BCUT2D eigenvalue weighted by molar-refractivity contribution is 7.89. The number of nitrogens with zero attached hydrogens (tertiary/aromatic N) is 2. The van der Waals surface area contributed by atoms with Crippen LogP contribution < -0.4 is 0 Å². The van der Waals surface area contributed by atoms with Crippen LogP contribution in [0.4, 0.5) is 13.2 Å². The predicted octanol–water partition coefficient (Wildman–Crippen LogP) is 2.75. The Morgan fingerprint density at radius 1 is 1.32 bits per heavy atom. The molecule has 1 aromatic carbocycles.